The average molecular weight is 342 g/mol. The van der Waals surface area contributed by atoms with Gasteiger partial charge in [-0.2, -0.15) is 0 Å². The number of imidazole rings is 1. The van der Waals surface area contributed by atoms with E-state index in [2.05, 4.69) is 4.98 Å². The van der Waals surface area contributed by atoms with E-state index in [9.17, 15) is 20.1 Å². The lowest BCUT2D eigenvalue weighted by atomic mass is 10.0. The van der Waals surface area contributed by atoms with Crippen molar-refractivity contribution in [2.75, 3.05) is 6.61 Å². The van der Waals surface area contributed by atoms with Crippen LogP contribution >= 0.6 is 12.2 Å². The van der Waals surface area contributed by atoms with E-state index in [-0.39, 0.29) is 16.9 Å². The highest BCUT2D eigenvalue weighted by atomic mass is 32.1. The first-order valence-corrected chi connectivity index (χ1v) is 7.47. The molecule has 0 unspecified atom stereocenters. The normalized spacial score (nSPS) is 28.4. The maximum absolute atomic E-state index is 12.1. The summed E-state index contributed by atoms with van der Waals surface area (Å²) < 4.78 is 9.95. The molecule has 0 saturated carbocycles. The molecule has 1 saturated heterocycles. The smallest absolute Gasteiger partial charge is 0.330 e. The SMILES string of the molecule is Cc1nc2c(c(=S)n(C)c(=O)n2C)n1[C@@H]1OC[C@@H](O)[C@@H](O)[C@H]1O. The number of aromatic nitrogens is 4. The molecule has 0 aromatic carbocycles. The number of rotatable bonds is 1. The Labute approximate surface area is 136 Å². The first-order valence-electron chi connectivity index (χ1n) is 7.06. The molecule has 1 fully saturated rings. The summed E-state index contributed by atoms with van der Waals surface area (Å²) in [7, 11) is 3.13. The van der Waals surface area contributed by atoms with Crippen LogP contribution in [0.15, 0.2) is 4.79 Å². The Morgan fingerprint density at radius 1 is 1.22 bits per heavy atom. The van der Waals surface area contributed by atoms with E-state index in [0.29, 0.717) is 17.0 Å². The van der Waals surface area contributed by atoms with E-state index in [1.54, 1.807) is 25.6 Å². The molecule has 0 aliphatic carbocycles. The lowest BCUT2D eigenvalue weighted by molar-refractivity contribution is -0.210. The lowest BCUT2D eigenvalue weighted by Gasteiger charge is -2.36. The highest BCUT2D eigenvalue weighted by Crippen LogP contribution is 2.29. The van der Waals surface area contributed by atoms with Crippen molar-refractivity contribution >= 4 is 23.4 Å². The van der Waals surface area contributed by atoms with Crippen molar-refractivity contribution in [2.24, 2.45) is 14.1 Å². The maximum Gasteiger partial charge on any atom is 0.330 e. The summed E-state index contributed by atoms with van der Waals surface area (Å²) in [5.41, 5.74) is 0.509. The van der Waals surface area contributed by atoms with Crippen molar-refractivity contribution in [3.05, 3.63) is 20.9 Å². The quantitative estimate of drug-likeness (QED) is 0.553. The molecular formula is C13H18N4O5S. The van der Waals surface area contributed by atoms with Crippen LogP contribution in [-0.2, 0) is 18.8 Å². The Balaban J connectivity index is 2.29. The average Bonchev–Trinajstić information content (AvgIpc) is 2.86. The van der Waals surface area contributed by atoms with Gasteiger partial charge in [0.05, 0.1) is 6.61 Å². The number of ether oxygens (including phenoxy) is 1. The van der Waals surface area contributed by atoms with Crippen LogP contribution in [0.3, 0.4) is 0 Å². The predicted octanol–water partition coefficient (Wildman–Crippen LogP) is -1.28. The van der Waals surface area contributed by atoms with Gasteiger partial charge < -0.3 is 20.1 Å². The molecule has 2 aromatic rings. The summed E-state index contributed by atoms with van der Waals surface area (Å²) in [5, 5.41) is 29.8. The molecule has 2 aromatic heterocycles. The van der Waals surface area contributed by atoms with Crippen LogP contribution in [-0.4, -0.2) is 58.9 Å². The zero-order chi connectivity index (χ0) is 17.0. The summed E-state index contributed by atoms with van der Waals surface area (Å²) in [6.45, 7) is 1.55. The number of aliphatic hydroxyl groups excluding tert-OH is 3. The first-order chi connectivity index (χ1) is 10.8. The zero-order valence-electron chi connectivity index (χ0n) is 12.9. The van der Waals surface area contributed by atoms with Crippen molar-refractivity contribution in [1.82, 2.24) is 18.7 Å². The van der Waals surface area contributed by atoms with Crippen LogP contribution < -0.4 is 5.69 Å². The molecule has 3 N–H and O–H groups in total. The Kier molecular flexibility index (Phi) is 3.89. The van der Waals surface area contributed by atoms with Gasteiger partial charge in [-0.15, -0.1) is 0 Å². The third-order valence-corrected chi connectivity index (χ3v) is 4.66. The fourth-order valence-corrected chi connectivity index (χ4v) is 3.12. The van der Waals surface area contributed by atoms with Gasteiger partial charge in [0.1, 0.15) is 34.3 Å². The van der Waals surface area contributed by atoms with Crippen LogP contribution in [0.4, 0.5) is 0 Å². The van der Waals surface area contributed by atoms with Gasteiger partial charge in [-0.3, -0.25) is 13.7 Å². The van der Waals surface area contributed by atoms with E-state index in [4.69, 9.17) is 17.0 Å². The van der Waals surface area contributed by atoms with Crippen molar-refractivity contribution < 1.29 is 20.1 Å². The summed E-state index contributed by atoms with van der Waals surface area (Å²) in [6.07, 6.45) is -4.83. The highest BCUT2D eigenvalue weighted by Gasteiger charge is 2.40. The minimum atomic E-state index is -1.35. The Morgan fingerprint density at radius 3 is 2.52 bits per heavy atom. The van der Waals surface area contributed by atoms with E-state index in [1.807, 2.05) is 0 Å². The van der Waals surface area contributed by atoms with Crippen molar-refractivity contribution in [3.63, 3.8) is 0 Å². The van der Waals surface area contributed by atoms with Gasteiger partial charge in [0, 0.05) is 14.1 Å². The zero-order valence-corrected chi connectivity index (χ0v) is 13.7. The Morgan fingerprint density at radius 2 is 1.87 bits per heavy atom. The molecule has 1 aliphatic rings. The van der Waals surface area contributed by atoms with Gasteiger partial charge in [0.2, 0.25) is 0 Å². The Hall–Kier alpha value is -1.59. The molecule has 9 nitrogen and oxygen atoms in total. The fraction of sp³-hybridized carbons (Fsp3) is 0.615. The molecular weight excluding hydrogens is 324 g/mol. The molecule has 0 amide bonds. The van der Waals surface area contributed by atoms with Gasteiger partial charge in [0.15, 0.2) is 11.9 Å². The highest BCUT2D eigenvalue weighted by molar-refractivity contribution is 7.71. The molecule has 10 heteroatoms. The third-order valence-electron chi connectivity index (χ3n) is 4.20. The number of aliphatic hydroxyl groups is 3. The summed E-state index contributed by atoms with van der Waals surface area (Å²) in [5.74, 6) is 0.472. The van der Waals surface area contributed by atoms with Crippen LogP contribution in [0, 0.1) is 11.6 Å². The second-order valence-electron chi connectivity index (χ2n) is 5.68. The number of fused-ring (bicyclic) bond motifs is 1. The second kappa shape index (κ2) is 5.49. The summed E-state index contributed by atoms with van der Waals surface area (Å²) in [6, 6.07) is 0. The molecule has 0 bridgehead atoms. The molecule has 3 rings (SSSR count). The van der Waals surface area contributed by atoms with Crippen LogP contribution in [0.5, 0.6) is 0 Å². The minimum absolute atomic E-state index is 0.132. The number of aryl methyl sites for hydroxylation is 2. The monoisotopic (exact) mass is 342 g/mol. The van der Waals surface area contributed by atoms with E-state index >= 15 is 0 Å². The predicted molar refractivity (Wildman–Crippen MR) is 82.5 cm³/mol. The van der Waals surface area contributed by atoms with Crippen LogP contribution in [0.25, 0.3) is 11.2 Å². The van der Waals surface area contributed by atoms with Crippen molar-refractivity contribution in [1.29, 1.82) is 0 Å². The molecule has 1 aliphatic heterocycles. The molecule has 3 heterocycles. The van der Waals surface area contributed by atoms with Gasteiger partial charge in [-0.25, -0.2) is 9.78 Å². The van der Waals surface area contributed by atoms with Crippen LogP contribution in [0.2, 0.25) is 0 Å². The standard InChI is InChI=1S/C13H18N4O5S/c1-5-14-10-7(12(23)16(3)13(21)15(10)2)17(5)11-9(20)8(19)6(18)4-22-11/h6,8-9,11,18-20H,4H2,1-3H3/t6-,8-,9-,11-/m1/s1. The third kappa shape index (κ3) is 2.25. The van der Waals surface area contributed by atoms with E-state index in [0.717, 1.165) is 0 Å². The largest absolute Gasteiger partial charge is 0.388 e. The fourth-order valence-electron chi connectivity index (χ4n) is 2.85. The number of nitrogens with zero attached hydrogens (tertiary/aromatic N) is 4. The number of hydrogen-bond acceptors (Lipinski definition) is 7. The molecule has 4 atom stereocenters. The first kappa shape index (κ1) is 16.3. The lowest BCUT2D eigenvalue weighted by Crippen LogP contribution is -2.50. The van der Waals surface area contributed by atoms with Crippen LogP contribution in [0.1, 0.15) is 12.1 Å². The molecule has 126 valence electrons. The van der Waals surface area contributed by atoms with Crippen molar-refractivity contribution in [2.45, 2.75) is 31.5 Å². The molecule has 0 spiro atoms. The summed E-state index contributed by atoms with van der Waals surface area (Å²) >= 11 is 5.34. The Bertz CT molecular complexity index is 885. The van der Waals surface area contributed by atoms with Crippen molar-refractivity contribution in [3.8, 4) is 0 Å². The van der Waals surface area contributed by atoms with E-state index in [1.165, 1.54) is 9.13 Å². The van der Waals surface area contributed by atoms with Gasteiger partial charge >= 0.3 is 5.69 Å². The minimum Gasteiger partial charge on any atom is -0.388 e. The van der Waals surface area contributed by atoms with E-state index < -0.39 is 24.5 Å². The molecule has 0 radical (unpaired) electrons. The maximum atomic E-state index is 12.1. The van der Waals surface area contributed by atoms with Gasteiger partial charge in [-0.1, -0.05) is 12.2 Å². The second-order valence-corrected chi connectivity index (χ2v) is 6.07. The van der Waals surface area contributed by atoms with Gasteiger partial charge in [-0.05, 0) is 6.92 Å². The molecule has 23 heavy (non-hydrogen) atoms. The number of hydrogen-bond donors (Lipinski definition) is 3. The summed E-state index contributed by atoms with van der Waals surface area (Å²) in [4.78, 5) is 16.5. The van der Waals surface area contributed by atoms with Gasteiger partial charge in [0.25, 0.3) is 0 Å². The topological polar surface area (TPSA) is 115 Å².